The summed E-state index contributed by atoms with van der Waals surface area (Å²) in [5.41, 5.74) is 8.50. The second-order valence-electron chi connectivity index (χ2n) is 1.05. The summed E-state index contributed by atoms with van der Waals surface area (Å²) in [6, 6.07) is -0.833. The van der Waals surface area contributed by atoms with Crippen molar-refractivity contribution in [3.63, 3.8) is 0 Å². The van der Waals surface area contributed by atoms with Crippen LogP contribution in [0.1, 0.15) is 0 Å². The van der Waals surface area contributed by atoms with Crippen LogP contribution in [0, 0.1) is 0 Å². The highest BCUT2D eigenvalue weighted by molar-refractivity contribution is 5.69. The Hall–Kier alpha value is -1.59. The van der Waals surface area contributed by atoms with Gasteiger partial charge in [0.05, 0.1) is 0 Å². The number of aromatic amines is 1. The van der Waals surface area contributed by atoms with E-state index in [4.69, 9.17) is 4.79 Å². The second kappa shape index (κ2) is 4.57. The molecule has 0 aliphatic rings. The molecule has 0 saturated carbocycles. The number of aromatic nitrogens is 3. The molecule has 6 heteroatoms. The van der Waals surface area contributed by atoms with Gasteiger partial charge in [-0.1, -0.05) is 0 Å². The van der Waals surface area contributed by atoms with Crippen LogP contribution in [-0.4, -0.2) is 21.2 Å². The summed E-state index contributed by atoms with van der Waals surface area (Å²) in [7, 11) is 0. The molecule has 0 fully saturated rings. The molecule has 1 aromatic heterocycles. The Morgan fingerprint density at radius 2 is 2.11 bits per heavy atom. The Morgan fingerprint density at radius 1 is 1.56 bits per heavy atom. The zero-order valence-electron chi connectivity index (χ0n) is 4.61. The average molecular weight is 129 g/mol. The lowest BCUT2D eigenvalue weighted by atomic mass is 11.2. The van der Waals surface area contributed by atoms with E-state index in [0.717, 1.165) is 0 Å². The molecule has 1 aromatic rings. The molecule has 9 heavy (non-hydrogen) atoms. The van der Waals surface area contributed by atoms with Crippen LogP contribution in [0.15, 0.2) is 12.7 Å². The minimum absolute atomic E-state index is 0.833. The molecule has 0 bridgehead atoms. The van der Waals surface area contributed by atoms with Crippen molar-refractivity contribution in [1.82, 2.24) is 15.2 Å². The van der Waals surface area contributed by atoms with Gasteiger partial charge in [0.2, 0.25) is 0 Å². The fourth-order valence-electron chi connectivity index (χ4n) is 0.167. The van der Waals surface area contributed by atoms with Crippen LogP contribution in [0.3, 0.4) is 0 Å². The van der Waals surface area contributed by atoms with E-state index in [1.165, 1.54) is 12.7 Å². The van der Waals surface area contributed by atoms with Gasteiger partial charge in [0.25, 0.3) is 0 Å². The summed E-state index contributed by atoms with van der Waals surface area (Å²) in [5.74, 6) is 0. The minimum Gasteiger partial charge on any atom is -0.352 e. The first-order chi connectivity index (χ1) is 4.23. The van der Waals surface area contributed by atoms with E-state index in [1.54, 1.807) is 0 Å². The number of nitrogens with two attached hydrogens (primary N) is 2. The molecule has 0 radical (unpaired) electrons. The first-order valence-corrected chi connectivity index (χ1v) is 2.07. The van der Waals surface area contributed by atoms with Gasteiger partial charge in [-0.25, -0.2) is 9.78 Å². The second-order valence-corrected chi connectivity index (χ2v) is 1.05. The number of hydrogen-bond donors (Lipinski definition) is 3. The molecule has 0 saturated heterocycles. The lowest BCUT2D eigenvalue weighted by molar-refractivity contribution is 0.256. The zero-order valence-corrected chi connectivity index (χ0v) is 4.61. The molecule has 0 atom stereocenters. The average Bonchev–Trinajstić information content (AvgIpc) is 2.11. The number of carbonyl (C=O) groups excluding carboxylic acids is 1. The molecule has 6 nitrogen and oxygen atoms in total. The molecule has 0 aromatic carbocycles. The first kappa shape index (κ1) is 7.41. The van der Waals surface area contributed by atoms with Gasteiger partial charge in [-0.2, -0.15) is 5.10 Å². The molecule has 1 heterocycles. The normalized spacial score (nSPS) is 7.11. The van der Waals surface area contributed by atoms with Gasteiger partial charge in [-0.05, 0) is 0 Å². The molecule has 1 rings (SSSR count). The van der Waals surface area contributed by atoms with Crippen molar-refractivity contribution in [2.45, 2.75) is 0 Å². The number of primary amides is 2. The topological polar surface area (TPSA) is 111 Å². The summed E-state index contributed by atoms with van der Waals surface area (Å²) in [4.78, 5) is 12.6. The Bertz CT molecular complexity index is 126. The molecule has 50 valence electrons. The number of nitrogens with one attached hydrogen (secondary N) is 1. The maximum absolute atomic E-state index is 9.00. The number of H-pyrrole nitrogens is 1. The molecular weight excluding hydrogens is 122 g/mol. The Kier molecular flexibility index (Phi) is 3.76. The Labute approximate surface area is 51.3 Å². The van der Waals surface area contributed by atoms with Crippen molar-refractivity contribution < 1.29 is 4.79 Å². The highest BCUT2D eigenvalue weighted by Crippen LogP contribution is 1.53. The largest absolute Gasteiger partial charge is 0.352 e. The quantitative estimate of drug-likeness (QED) is 0.410. The summed E-state index contributed by atoms with van der Waals surface area (Å²) in [6.07, 6.45) is 2.96. The first-order valence-electron chi connectivity index (χ1n) is 2.07. The number of nitrogens with zero attached hydrogens (tertiary/aromatic N) is 2. The van der Waals surface area contributed by atoms with Crippen molar-refractivity contribution in [3.05, 3.63) is 12.7 Å². The van der Waals surface area contributed by atoms with E-state index in [-0.39, 0.29) is 0 Å². The van der Waals surface area contributed by atoms with E-state index in [9.17, 15) is 0 Å². The third-order valence-corrected chi connectivity index (χ3v) is 0.331. The number of urea groups is 1. The summed E-state index contributed by atoms with van der Waals surface area (Å²) in [6.45, 7) is 0. The minimum atomic E-state index is -0.833. The van der Waals surface area contributed by atoms with Gasteiger partial charge in [-0.15, -0.1) is 0 Å². The van der Waals surface area contributed by atoms with Crippen LogP contribution in [0.4, 0.5) is 4.79 Å². The van der Waals surface area contributed by atoms with Crippen LogP contribution < -0.4 is 11.5 Å². The van der Waals surface area contributed by atoms with Crippen LogP contribution in [0.2, 0.25) is 0 Å². The van der Waals surface area contributed by atoms with Crippen LogP contribution >= 0.6 is 0 Å². The standard InChI is InChI=1S/C2H3N3.CH4N2O/c1-3-2-5-4-1;2-1(3)4/h1-2H,(H,3,4,5);(H4,2,3,4). The van der Waals surface area contributed by atoms with Crippen LogP contribution in [0.5, 0.6) is 0 Å². The summed E-state index contributed by atoms with van der Waals surface area (Å²) >= 11 is 0. The fourth-order valence-corrected chi connectivity index (χ4v) is 0.167. The van der Waals surface area contributed by atoms with Crippen molar-refractivity contribution >= 4 is 6.03 Å². The van der Waals surface area contributed by atoms with E-state index in [2.05, 4.69) is 26.6 Å². The van der Waals surface area contributed by atoms with Crippen LogP contribution in [0.25, 0.3) is 0 Å². The van der Waals surface area contributed by atoms with Crippen molar-refractivity contribution in [1.29, 1.82) is 0 Å². The molecule has 0 unspecified atom stereocenters. The zero-order chi connectivity index (χ0) is 7.11. The molecule has 0 aliphatic carbocycles. The fraction of sp³-hybridized carbons (Fsp3) is 0. The van der Waals surface area contributed by atoms with Crippen molar-refractivity contribution in [2.75, 3.05) is 0 Å². The van der Waals surface area contributed by atoms with E-state index >= 15 is 0 Å². The van der Waals surface area contributed by atoms with Crippen LogP contribution in [-0.2, 0) is 0 Å². The van der Waals surface area contributed by atoms with E-state index in [0.29, 0.717) is 0 Å². The van der Waals surface area contributed by atoms with E-state index in [1.807, 2.05) is 0 Å². The van der Waals surface area contributed by atoms with Gasteiger partial charge in [0.15, 0.2) is 0 Å². The predicted molar refractivity (Wildman–Crippen MR) is 30.2 cm³/mol. The third-order valence-electron chi connectivity index (χ3n) is 0.331. The van der Waals surface area contributed by atoms with Gasteiger partial charge >= 0.3 is 6.03 Å². The molecule has 2 amide bonds. The molecule has 0 aliphatic heterocycles. The van der Waals surface area contributed by atoms with Gasteiger partial charge in [0, 0.05) is 0 Å². The monoisotopic (exact) mass is 129 g/mol. The van der Waals surface area contributed by atoms with E-state index < -0.39 is 6.03 Å². The van der Waals surface area contributed by atoms with Gasteiger partial charge in [-0.3, -0.25) is 5.10 Å². The highest BCUT2D eigenvalue weighted by Gasteiger charge is 1.60. The number of hydrogen-bond acceptors (Lipinski definition) is 3. The maximum atomic E-state index is 9.00. The highest BCUT2D eigenvalue weighted by atomic mass is 16.2. The molecule has 5 N–H and O–H groups in total. The summed E-state index contributed by atoms with van der Waals surface area (Å²) in [5, 5.41) is 5.99. The Morgan fingerprint density at radius 3 is 2.22 bits per heavy atom. The Balaban J connectivity index is 0.000000148. The maximum Gasteiger partial charge on any atom is 0.309 e. The lowest BCUT2D eigenvalue weighted by Crippen LogP contribution is -2.18. The van der Waals surface area contributed by atoms with Crippen molar-refractivity contribution in [2.24, 2.45) is 11.5 Å². The number of carbonyl (C=O) groups is 1. The predicted octanol–water partition coefficient (Wildman–Crippen LogP) is -1.17. The third kappa shape index (κ3) is 10.7. The van der Waals surface area contributed by atoms with Gasteiger partial charge < -0.3 is 11.5 Å². The smallest absolute Gasteiger partial charge is 0.309 e. The lowest BCUT2D eigenvalue weighted by Gasteiger charge is -1.62. The SMILES string of the molecule is NC(N)=O.c1nc[nH]n1. The van der Waals surface area contributed by atoms with Crippen molar-refractivity contribution in [3.8, 4) is 0 Å². The number of amides is 2. The number of rotatable bonds is 0. The summed E-state index contributed by atoms with van der Waals surface area (Å²) < 4.78 is 0. The molecular formula is C3H7N5O. The molecule has 0 spiro atoms. The van der Waals surface area contributed by atoms with Gasteiger partial charge in [0.1, 0.15) is 12.7 Å².